The van der Waals surface area contributed by atoms with Gasteiger partial charge in [0.15, 0.2) is 11.6 Å². The molecule has 0 fully saturated rings. The first-order chi connectivity index (χ1) is 6.38. The lowest BCUT2D eigenvalue weighted by Gasteiger charge is -2.22. The van der Waals surface area contributed by atoms with Crippen LogP contribution in [0.4, 0.5) is 13.2 Å². The third-order valence-corrected chi connectivity index (χ3v) is 1.95. The second-order valence-electron chi connectivity index (χ2n) is 3.32. The van der Waals surface area contributed by atoms with Gasteiger partial charge >= 0.3 is 0 Å². The normalized spacial score (nSPS) is 15.3. The van der Waals surface area contributed by atoms with Crippen LogP contribution in [0.25, 0.3) is 0 Å². The van der Waals surface area contributed by atoms with Crippen LogP contribution in [0.2, 0.25) is 0 Å². The van der Waals surface area contributed by atoms with Crippen molar-refractivity contribution in [2.75, 3.05) is 6.61 Å². The lowest BCUT2D eigenvalue weighted by molar-refractivity contribution is 0.205. The SMILES string of the molecule is C[C@](N)(CO)c1cc(F)c(F)cc1F. The number of aliphatic hydroxyl groups excluding tert-OH is 1. The number of aliphatic hydroxyl groups is 1. The first-order valence-corrected chi connectivity index (χ1v) is 3.93. The standard InChI is InChI=1S/C9H10F3NO/c1-9(13,4-14)5-2-7(11)8(12)3-6(5)10/h2-3,14H,4,13H2,1H3/t9-/m0/s1. The number of benzene rings is 1. The lowest BCUT2D eigenvalue weighted by atomic mass is 9.93. The van der Waals surface area contributed by atoms with Crippen LogP contribution in [0.1, 0.15) is 12.5 Å². The van der Waals surface area contributed by atoms with E-state index < -0.39 is 29.6 Å². The van der Waals surface area contributed by atoms with Gasteiger partial charge in [0.25, 0.3) is 0 Å². The van der Waals surface area contributed by atoms with Gasteiger partial charge in [0.05, 0.1) is 12.1 Å². The Kier molecular flexibility index (Phi) is 2.82. The Balaban J connectivity index is 3.29. The molecule has 0 aromatic heterocycles. The Hall–Kier alpha value is -1.07. The van der Waals surface area contributed by atoms with E-state index in [1.165, 1.54) is 6.92 Å². The molecule has 78 valence electrons. The van der Waals surface area contributed by atoms with Crippen molar-refractivity contribution in [3.63, 3.8) is 0 Å². The molecule has 0 radical (unpaired) electrons. The van der Waals surface area contributed by atoms with Gasteiger partial charge in [-0.15, -0.1) is 0 Å². The van der Waals surface area contributed by atoms with E-state index in [0.29, 0.717) is 12.1 Å². The van der Waals surface area contributed by atoms with Crippen molar-refractivity contribution in [3.8, 4) is 0 Å². The Labute approximate surface area is 79.2 Å². The molecule has 14 heavy (non-hydrogen) atoms. The summed E-state index contributed by atoms with van der Waals surface area (Å²) in [5.74, 6) is -3.44. The molecule has 0 aliphatic rings. The first-order valence-electron chi connectivity index (χ1n) is 3.93. The summed E-state index contributed by atoms with van der Waals surface area (Å²) in [6, 6.07) is 1.06. The summed E-state index contributed by atoms with van der Waals surface area (Å²) >= 11 is 0. The molecule has 0 bridgehead atoms. The highest BCUT2D eigenvalue weighted by atomic mass is 19.2. The molecule has 1 rings (SSSR count). The molecule has 0 amide bonds. The summed E-state index contributed by atoms with van der Waals surface area (Å²) < 4.78 is 38.4. The predicted octanol–water partition coefficient (Wildman–Crippen LogP) is 1.27. The number of rotatable bonds is 2. The smallest absolute Gasteiger partial charge is 0.161 e. The molecule has 2 nitrogen and oxygen atoms in total. The van der Waals surface area contributed by atoms with E-state index in [1.807, 2.05) is 0 Å². The molecule has 0 saturated carbocycles. The maximum Gasteiger partial charge on any atom is 0.161 e. The average Bonchev–Trinajstić information content (AvgIpc) is 2.11. The Morgan fingerprint density at radius 2 is 1.71 bits per heavy atom. The maximum absolute atomic E-state index is 13.1. The van der Waals surface area contributed by atoms with E-state index in [9.17, 15) is 13.2 Å². The fraction of sp³-hybridized carbons (Fsp3) is 0.333. The van der Waals surface area contributed by atoms with Crippen LogP contribution >= 0.6 is 0 Å². The molecule has 0 aliphatic heterocycles. The fourth-order valence-corrected chi connectivity index (χ4v) is 1.05. The monoisotopic (exact) mass is 205 g/mol. The molecule has 0 saturated heterocycles. The largest absolute Gasteiger partial charge is 0.394 e. The summed E-state index contributed by atoms with van der Waals surface area (Å²) in [6.07, 6.45) is 0. The zero-order valence-electron chi connectivity index (χ0n) is 7.52. The van der Waals surface area contributed by atoms with Crippen LogP contribution in [0, 0.1) is 17.5 Å². The number of halogens is 3. The molecule has 3 N–H and O–H groups in total. The van der Waals surface area contributed by atoms with Gasteiger partial charge in [-0.2, -0.15) is 0 Å². The summed E-state index contributed by atoms with van der Waals surface area (Å²) in [5, 5.41) is 8.82. The molecule has 0 aliphatic carbocycles. The zero-order valence-corrected chi connectivity index (χ0v) is 7.52. The van der Waals surface area contributed by atoms with Crippen LogP contribution < -0.4 is 5.73 Å². The van der Waals surface area contributed by atoms with Gasteiger partial charge in [0.1, 0.15) is 5.82 Å². The van der Waals surface area contributed by atoms with E-state index in [-0.39, 0.29) is 5.56 Å². The van der Waals surface area contributed by atoms with Crippen molar-refractivity contribution in [2.24, 2.45) is 5.73 Å². The topological polar surface area (TPSA) is 46.2 Å². The van der Waals surface area contributed by atoms with Gasteiger partial charge in [-0.05, 0) is 13.0 Å². The second kappa shape index (κ2) is 3.59. The minimum Gasteiger partial charge on any atom is -0.394 e. The minimum absolute atomic E-state index is 0.251. The second-order valence-corrected chi connectivity index (χ2v) is 3.32. The van der Waals surface area contributed by atoms with E-state index in [0.717, 1.165) is 0 Å². The van der Waals surface area contributed by atoms with Gasteiger partial charge < -0.3 is 10.8 Å². The Morgan fingerprint density at radius 3 is 2.21 bits per heavy atom. The van der Waals surface area contributed by atoms with Gasteiger partial charge in [0.2, 0.25) is 0 Å². The lowest BCUT2D eigenvalue weighted by Crippen LogP contribution is -2.38. The molecule has 5 heteroatoms. The van der Waals surface area contributed by atoms with Crippen LogP contribution in [-0.2, 0) is 5.54 Å². The van der Waals surface area contributed by atoms with Crippen molar-refractivity contribution in [2.45, 2.75) is 12.5 Å². The van der Waals surface area contributed by atoms with Crippen LogP contribution in [0.15, 0.2) is 12.1 Å². The van der Waals surface area contributed by atoms with Crippen LogP contribution in [0.3, 0.4) is 0 Å². The molecular weight excluding hydrogens is 195 g/mol. The van der Waals surface area contributed by atoms with Gasteiger partial charge in [-0.25, -0.2) is 13.2 Å². The van der Waals surface area contributed by atoms with Gasteiger partial charge in [-0.1, -0.05) is 0 Å². The van der Waals surface area contributed by atoms with E-state index >= 15 is 0 Å². The van der Waals surface area contributed by atoms with Crippen molar-refractivity contribution in [3.05, 3.63) is 35.1 Å². The van der Waals surface area contributed by atoms with Crippen molar-refractivity contribution >= 4 is 0 Å². The highest BCUT2D eigenvalue weighted by Crippen LogP contribution is 2.23. The number of hydrogen-bond acceptors (Lipinski definition) is 2. The summed E-state index contributed by atoms with van der Waals surface area (Å²) in [4.78, 5) is 0. The van der Waals surface area contributed by atoms with Crippen molar-refractivity contribution in [1.82, 2.24) is 0 Å². The highest BCUT2D eigenvalue weighted by Gasteiger charge is 2.25. The van der Waals surface area contributed by atoms with Gasteiger partial charge in [0, 0.05) is 11.6 Å². The minimum atomic E-state index is -1.42. The van der Waals surface area contributed by atoms with E-state index in [4.69, 9.17) is 10.8 Å². The van der Waals surface area contributed by atoms with Gasteiger partial charge in [-0.3, -0.25) is 0 Å². The number of nitrogens with two attached hydrogens (primary N) is 1. The first kappa shape index (κ1) is 11.0. The van der Waals surface area contributed by atoms with Crippen LogP contribution in [-0.4, -0.2) is 11.7 Å². The fourth-order valence-electron chi connectivity index (χ4n) is 1.05. The number of hydrogen-bond donors (Lipinski definition) is 2. The average molecular weight is 205 g/mol. The third kappa shape index (κ3) is 1.88. The van der Waals surface area contributed by atoms with Crippen molar-refractivity contribution in [1.29, 1.82) is 0 Å². The molecular formula is C9H10F3NO. The maximum atomic E-state index is 13.1. The molecule has 0 unspecified atom stereocenters. The molecule has 1 atom stereocenters. The summed E-state index contributed by atoms with van der Waals surface area (Å²) in [6.45, 7) is 0.762. The van der Waals surface area contributed by atoms with Crippen molar-refractivity contribution < 1.29 is 18.3 Å². The third-order valence-electron chi connectivity index (χ3n) is 1.95. The van der Waals surface area contributed by atoms with E-state index in [1.54, 1.807) is 0 Å². The highest BCUT2D eigenvalue weighted by molar-refractivity contribution is 5.26. The molecule has 0 heterocycles. The Morgan fingerprint density at radius 1 is 1.21 bits per heavy atom. The molecule has 1 aromatic rings. The molecule has 1 aromatic carbocycles. The van der Waals surface area contributed by atoms with E-state index in [2.05, 4.69) is 0 Å². The van der Waals surface area contributed by atoms with Crippen LogP contribution in [0.5, 0.6) is 0 Å². The molecule has 0 spiro atoms. The predicted molar refractivity (Wildman–Crippen MR) is 44.9 cm³/mol. The quantitative estimate of drug-likeness (QED) is 0.714. The summed E-state index contributed by atoms with van der Waals surface area (Å²) in [5.41, 5.74) is 3.81. The zero-order chi connectivity index (χ0) is 10.9. The summed E-state index contributed by atoms with van der Waals surface area (Å²) in [7, 11) is 0. The Bertz CT molecular complexity index is 352.